The Morgan fingerprint density at radius 2 is 1.85 bits per heavy atom. The van der Waals surface area contributed by atoms with E-state index in [2.05, 4.69) is 57.2 Å². The van der Waals surface area contributed by atoms with Crippen molar-refractivity contribution in [3.05, 3.63) is 64.7 Å². The van der Waals surface area contributed by atoms with Crippen molar-refractivity contribution in [2.75, 3.05) is 0 Å². The molecule has 0 radical (unpaired) electrons. The summed E-state index contributed by atoms with van der Waals surface area (Å²) in [5.74, 6) is 0.915. The fraction of sp³-hybridized carbons (Fsp3) is 0.333. The lowest BCUT2D eigenvalue weighted by atomic mass is 9.83. The van der Waals surface area contributed by atoms with Gasteiger partial charge in [-0.2, -0.15) is 0 Å². The molecule has 0 bridgehead atoms. The Morgan fingerprint density at radius 1 is 1.10 bits per heavy atom. The standard InChI is InChI=1S/C18H21NO/c1-12-5-4-6-14(9-12)18(3)11-16(19)15-10-13(2)7-8-17(15)20-18/h4-10,16H,11,19H2,1-3H3/t16-,18?/m1/s1. The highest BCUT2D eigenvalue weighted by molar-refractivity contribution is 5.43. The highest BCUT2D eigenvalue weighted by atomic mass is 16.5. The first-order valence-corrected chi connectivity index (χ1v) is 7.10. The number of ether oxygens (including phenoxy) is 1. The van der Waals surface area contributed by atoms with Gasteiger partial charge < -0.3 is 10.5 Å². The minimum atomic E-state index is -0.353. The fourth-order valence-corrected chi connectivity index (χ4v) is 3.02. The number of nitrogens with two attached hydrogens (primary N) is 1. The Bertz CT molecular complexity index is 650. The molecule has 2 aromatic carbocycles. The van der Waals surface area contributed by atoms with E-state index in [1.807, 2.05) is 6.07 Å². The summed E-state index contributed by atoms with van der Waals surface area (Å²) >= 11 is 0. The molecule has 0 saturated heterocycles. The quantitative estimate of drug-likeness (QED) is 0.847. The largest absolute Gasteiger partial charge is 0.482 e. The number of fused-ring (bicyclic) bond motifs is 1. The third-order valence-electron chi connectivity index (χ3n) is 4.14. The van der Waals surface area contributed by atoms with Crippen molar-refractivity contribution in [3.8, 4) is 5.75 Å². The first kappa shape index (κ1) is 13.2. The summed E-state index contributed by atoms with van der Waals surface area (Å²) in [5.41, 5.74) is 10.8. The van der Waals surface area contributed by atoms with E-state index in [0.29, 0.717) is 0 Å². The molecule has 104 valence electrons. The molecular weight excluding hydrogens is 246 g/mol. The predicted molar refractivity (Wildman–Crippen MR) is 81.9 cm³/mol. The number of benzene rings is 2. The second-order valence-electron chi connectivity index (χ2n) is 6.05. The average molecular weight is 267 g/mol. The van der Waals surface area contributed by atoms with E-state index >= 15 is 0 Å². The van der Waals surface area contributed by atoms with E-state index in [0.717, 1.165) is 17.7 Å². The molecule has 0 amide bonds. The molecule has 0 aromatic heterocycles. The van der Waals surface area contributed by atoms with Gasteiger partial charge in [0.05, 0.1) is 0 Å². The average Bonchev–Trinajstić information content (AvgIpc) is 2.40. The number of hydrogen-bond donors (Lipinski definition) is 1. The van der Waals surface area contributed by atoms with Crippen LogP contribution in [0.1, 0.15) is 41.6 Å². The molecular formula is C18H21NO. The van der Waals surface area contributed by atoms with Crippen molar-refractivity contribution >= 4 is 0 Å². The van der Waals surface area contributed by atoms with E-state index in [1.54, 1.807) is 0 Å². The van der Waals surface area contributed by atoms with Crippen LogP contribution in [0.3, 0.4) is 0 Å². The minimum Gasteiger partial charge on any atom is -0.482 e. The van der Waals surface area contributed by atoms with E-state index in [9.17, 15) is 0 Å². The van der Waals surface area contributed by atoms with E-state index in [4.69, 9.17) is 10.5 Å². The summed E-state index contributed by atoms with van der Waals surface area (Å²) in [7, 11) is 0. The van der Waals surface area contributed by atoms with Crippen LogP contribution in [-0.4, -0.2) is 0 Å². The molecule has 0 fully saturated rings. The highest BCUT2D eigenvalue weighted by Gasteiger charge is 2.37. The van der Waals surface area contributed by atoms with Gasteiger partial charge in [0, 0.05) is 18.0 Å². The molecule has 1 unspecified atom stereocenters. The van der Waals surface area contributed by atoms with Crippen LogP contribution in [-0.2, 0) is 5.60 Å². The van der Waals surface area contributed by atoms with Gasteiger partial charge in [0.2, 0.25) is 0 Å². The molecule has 20 heavy (non-hydrogen) atoms. The molecule has 2 N–H and O–H groups in total. The Hall–Kier alpha value is -1.80. The molecule has 0 saturated carbocycles. The minimum absolute atomic E-state index is 0.0177. The summed E-state index contributed by atoms with van der Waals surface area (Å²) in [6.45, 7) is 6.32. The normalized spacial score (nSPS) is 24.9. The smallest absolute Gasteiger partial charge is 0.133 e. The van der Waals surface area contributed by atoms with Crippen LogP contribution in [0, 0.1) is 13.8 Å². The SMILES string of the molecule is Cc1cccc(C2(C)C[C@@H](N)c3cc(C)ccc3O2)c1. The number of hydrogen-bond acceptors (Lipinski definition) is 2. The Balaban J connectivity index is 2.04. The van der Waals surface area contributed by atoms with Gasteiger partial charge in [0.25, 0.3) is 0 Å². The zero-order valence-electron chi connectivity index (χ0n) is 12.3. The first-order chi connectivity index (χ1) is 9.48. The van der Waals surface area contributed by atoms with Crippen molar-refractivity contribution in [2.45, 2.75) is 38.8 Å². The lowest BCUT2D eigenvalue weighted by Crippen LogP contribution is -2.38. The van der Waals surface area contributed by atoms with Crippen LogP contribution in [0.4, 0.5) is 0 Å². The third-order valence-corrected chi connectivity index (χ3v) is 4.14. The van der Waals surface area contributed by atoms with Crippen molar-refractivity contribution < 1.29 is 4.74 Å². The lowest BCUT2D eigenvalue weighted by molar-refractivity contribution is 0.0510. The van der Waals surface area contributed by atoms with Crippen LogP contribution in [0.15, 0.2) is 42.5 Å². The molecule has 0 aliphatic carbocycles. The molecule has 2 atom stereocenters. The van der Waals surface area contributed by atoms with Gasteiger partial charge in [-0.05, 0) is 32.4 Å². The summed E-state index contributed by atoms with van der Waals surface area (Å²) < 4.78 is 6.31. The molecule has 1 aliphatic heterocycles. The maximum Gasteiger partial charge on any atom is 0.133 e. The van der Waals surface area contributed by atoms with Gasteiger partial charge in [0.1, 0.15) is 11.4 Å². The Labute approximate surface area is 120 Å². The number of aryl methyl sites for hydroxylation is 2. The molecule has 1 aliphatic rings. The lowest BCUT2D eigenvalue weighted by Gasteiger charge is -2.39. The van der Waals surface area contributed by atoms with Gasteiger partial charge in [-0.25, -0.2) is 0 Å². The van der Waals surface area contributed by atoms with Gasteiger partial charge in [0.15, 0.2) is 0 Å². The zero-order valence-corrected chi connectivity index (χ0v) is 12.3. The number of rotatable bonds is 1. The van der Waals surface area contributed by atoms with Gasteiger partial charge in [-0.1, -0.05) is 47.5 Å². The first-order valence-electron chi connectivity index (χ1n) is 7.10. The van der Waals surface area contributed by atoms with E-state index in [-0.39, 0.29) is 11.6 Å². The predicted octanol–water partition coefficient (Wildman–Crippen LogP) is 4.00. The zero-order chi connectivity index (χ0) is 14.3. The molecule has 2 heteroatoms. The van der Waals surface area contributed by atoms with Crippen molar-refractivity contribution in [3.63, 3.8) is 0 Å². The molecule has 3 rings (SSSR count). The van der Waals surface area contributed by atoms with Crippen molar-refractivity contribution in [1.82, 2.24) is 0 Å². The second kappa shape index (κ2) is 4.64. The molecule has 2 aromatic rings. The van der Waals surface area contributed by atoms with Crippen molar-refractivity contribution in [2.24, 2.45) is 5.73 Å². The van der Waals surface area contributed by atoms with Gasteiger partial charge >= 0.3 is 0 Å². The van der Waals surface area contributed by atoms with Crippen molar-refractivity contribution in [1.29, 1.82) is 0 Å². The van der Waals surface area contributed by atoms with Crippen LogP contribution < -0.4 is 10.5 Å². The van der Waals surface area contributed by atoms with E-state index in [1.165, 1.54) is 16.7 Å². The molecule has 2 nitrogen and oxygen atoms in total. The fourth-order valence-electron chi connectivity index (χ4n) is 3.02. The Morgan fingerprint density at radius 3 is 2.60 bits per heavy atom. The van der Waals surface area contributed by atoms with Crippen LogP contribution in [0.2, 0.25) is 0 Å². The third kappa shape index (κ3) is 2.20. The summed E-state index contributed by atoms with van der Waals surface area (Å²) in [6, 6.07) is 14.8. The summed E-state index contributed by atoms with van der Waals surface area (Å²) in [6.07, 6.45) is 0.799. The van der Waals surface area contributed by atoms with Crippen LogP contribution in [0.5, 0.6) is 5.75 Å². The topological polar surface area (TPSA) is 35.2 Å². The Kier molecular flexibility index (Phi) is 3.06. The van der Waals surface area contributed by atoms with Crippen LogP contribution >= 0.6 is 0 Å². The van der Waals surface area contributed by atoms with Gasteiger partial charge in [-0.15, -0.1) is 0 Å². The van der Waals surface area contributed by atoms with E-state index < -0.39 is 0 Å². The highest BCUT2D eigenvalue weighted by Crippen LogP contribution is 2.43. The molecule has 0 spiro atoms. The van der Waals surface area contributed by atoms with Crippen LogP contribution in [0.25, 0.3) is 0 Å². The molecule has 1 heterocycles. The van der Waals surface area contributed by atoms with Gasteiger partial charge in [-0.3, -0.25) is 0 Å². The monoisotopic (exact) mass is 267 g/mol. The second-order valence-corrected chi connectivity index (χ2v) is 6.05. The maximum absolute atomic E-state index is 6.39. The summed E-state index contributed by atoms with van der Waals surface area (Å²) in [4.78, 5) is 0. The maximum atomic E-state index is 6.39. The summed E-state index contributed by atoms with van der Waals surface area (Å²) in [5, 5.41) is 0.